The lowest BCUT2D eigenvalue weighted by molar-refractivity contribution is 0.709. The van der Waals surface area contributed by atoms with Crippen LogP contribution in [0.15, 0.2) is 35.6 Å². The summed E-state index contributed by atoms with van der Waals surface area (Å²) in [6, 6.07) is 3.86. The maximum absolute atomic E-state index is 11.8. The Morgan fingerprint density at radius 3 is 3.06 bits per heavy atom. The summed E-state index contributed by atoms with van der Waals surface area (Å²) in [5, 5.41) is 0. The van der Waals surface area contributed by atoms with Crippen LogP contribution in [0.3, 0.4) is 0 Å². The van der Waals surface area contributed by atoms with E-state index in [1.54, 1.807) is 23.3 Å². The number of halogens is 1. The van der Waals surface area contributed by atoms with E-state index < -0.39 is 0 Å². The van der Waals surface area contributed by atoms with Crippen molar-refractivity contribution in [2.75, 3.05) is 0 Å². The van der Waals surface area contributed by atoms with Crippen LogP contribution < -0.4 is 5.56 Å². The first kappa shape index (κ1) is 11.3. The molecule has 2 aromatic heterocycles. The first-order valence-corrected chi connectivity index (χ1v) is 5.87. The SMILES string of the molecule is Cc1cccnc1Cn1cncc(I)c1=O. The molecule has 0 amide bonds. The molecule has 82 valence electrons. The third kappa shape index (κ3) is 2.29. The van der Waals surface area contributed by atoms with Gasteiger partial charge in [-0.25, -0.2) is 4.98 Å². The van der Waals surface area contributed by atoms with Crippen molar-refractivity contribution in [2.24, 2.45) is 0 Å². The molecule has 0 spiro atoms. The average molecular weight is 327 g/mol. The molecule has 2 heterocycles. The van der Waals surface area contributed by atoms with Gasteiger partial charge < -0.3 is 0 Å². The Morgan fingerprint density at radius 1 is 1.50 bits per heavy atom. The Balaban J connectivity index is 2.39. The van der Waals surface area contributed by atoms with Gasteiger partial charge in [0.15, 0.2) is 0 Å². The van der Waals surface area contributed by atoms with Crippen molar-refractivity contribution >= 4 is 22.6 Å². The quantitative estimate of drug-likeness (QED) is 0.787. The standard InChI is InChI=1S/C11H10IN3O/c1-8-3-2-4-14-10(8)6-15-7-13-5-9(12)11(15)16/h2-5,7H,6H2,1H3. The number of aromatic nitrogens is 3. The Morgan fingerprint density at radius 2 is 2.31 bits per heavy atom. The summed E-state index contributed by atoms with van der Waals surface area (Å²) in [6.45, 7) is 2.45. The van der Waals surface area contributed by atoms with Crippen LogP contribution in [0, 0.1) is 10.5 Å². The van der Waals surface area contributed by atoms with Crippen LogP contribution in [0.25, 0.3) is 0 Å². The largest absolute Gasteiger partial charge is 0.292 e. The van der Waals surface area contributed by atoms with Crippen LogP contribution in [0.5, 0.6) is 0 Å². The Hall–Kier alpha value is -1.24. The van der Waals surface area contributed by atoms with E-state index in [2.05, 4.69) is 9.97 Å². The highest BCUT2D eigenvalue weighted by Crippen LogP contribution is 2.04. The molecule has 0 atom stereocenters. The summed E-state index contributed by atoms with van der Waals surface area (Å²) in [7, 11) is 0. The normalized spacial score (nSPS) is 10.4. The van der Waals surface area contributed by atoms with Gasteiger partial charge in [-0.1, -0.05) is 6.07 Å². The Labute approximate surface area is 107 Å². The van der Waals surface area contributed by atoms with Crippen molar-refractivity contribution in [3.8, 4) is 0 Å². The molecule has 0 unspecified atom stereocenters. The van der Waals surface area contributed by atoms with E-state index in [0.717, 1.165) is 11.3 Å². The molecule has 0 radical (unpaired) electrons. The Bertz CT molecular complexity index is 565. The van der Waals surface area contributed by atoms with Crippen LogP contribution in [0.4, 0.5) is 0 Å². The van der Waals surface area contributed by atoms with Gasteiger partial charge in [-0.05, 0) is 41.1 Å². The third-order valence-corrected chi connectivity index (χ3v) is 3.04. The van der Waals surface area contributed by atoms with Gasteiger partial charge in [-0.2, -0.15) is 0 Å². The molecule has 16 heavy (non-hydrogen) atoms. The maximum atomic E-state index is 11.8. The minimum Gasteiger partial charge on any atom is -0.292 e. The average Bonchev–Trinajstić information content (AvgIpc) is 2.28. The summed E-state index contributed by atoms with van der Waals surface area (Å²) < 4.78 is 2.19. The number of aryl methyl sites for hydroxylation is 1. The molecule has 2 rings (SSSR count). The molecule has 0 aliphatic heterocycles. The van der Waals surface area contributed by atoms with Gasteiger partial charge in [0.2, 0.25) is 0 Å². The first-order valence-electron chi connectivity index (χ1n) is 4.79. The van der Waals surface area contributed by atoms with Crippen molar-refractivity contribution in [1.29, 1.82) is 0 Å². The number of nitrogens with zero attached hydrogens (tertiary/aromatic N) is 3. The van der Waals surface area contributed by atoms with E-state index in [1.807, 2.05) is 41.6 Å². The van der Waals surface area contributed by atoms with Crippen molar-refractivity contribution in [1.82, 2.24) is 14.5 Å². The fourth-order valence-electron chi connectivity index (χ4n) is 1.38. The molecule has 0 aromatic carbocycles. The molecule has 0 saturated heterocycles. The fourth-order valence-corrected chi connectivity index (χ4v) is 1.85. The van der Waals surface area contributed by atoms with E-state index in [-0.39, 0.29) is 5.56 Å². The van der Waals surface area contributed by atoms with Gasteiger partial charge in [0.25, 0.3) is 5.56 Å². The van der Waals surface area contributed by atoms with E-state index in [4.69, 9.17) is 0 Å². The zero-order valence-corrected chi connectivity index (χ0v) is 10.9. The summed E-state index contributed by atoms with van der Waals surface area (Å²) in [6.07, 6.45) is 4.83. The third-order valence-electron chi connectivity index (χ3n) is 2.30. The second kappa shape index (κ2) is 4.73. The highest BCUT2D eigenvalue weighted by molar-refractivity contribution is 14.1. The molecule has 2 aromatic rings. The first-order chi connectivity index (χ1) is 7.68. The second-order valence-electron chi connectivity index (χ2n) is 3.44. The summed E-state index contributed by atoms with van der Waals surface area (Å²) in [4.78, 5) is 20.0. The van der Waals surface area contributed by atoms with E-state index >= 15 is 0 Å². The van der Waals surface area contributed by atoms with E-state index in [0.29, 0.717) is 10.1 Å². The highest BCUT2D eigenvalue weighted by atomic mass is 127. The molecular formula is C11H10IN3O. The lowest BCUT2D eigenvalue weighted by Gasteiger charge is -2.06. The van der Waals surface area contributed by atoms with Crippen molar-refractivity contribution in [2.45, 2.75) is 13.5 Å². The summed E-state index contributed by atoms with van der Waals surface area (Å²) >= 11 is 1.99. The summed E-state index contributed by atoms with van der Waals surface area (Å²) in [5.41, 5.74) is 1.95. The molecule has 4 nitrogen and oxygen atoms in total. The monoisotopic (exact) mass is 327 g/mol. The number of hydrogen-bond donors (Lipinski definition) is 0. The van der Waals surface area contributed by atoms with Crippen molar-refractivity contribution in [3.63, 3.8) is 0 Å². The fraction of sp³-hybridized carbons (Fsp3) is 0.182. The molecule has 0 aliphatic carbocycles. The smallest absolute Gasteiger partial charge is 0.267 e. The zero-order chi connectivity index (χ0) is 11.5. The van der Waals surface area contributed by atoms with Crippen LogP contribution in [0.2, 0.25) is 0 Å². The van der Waals surface area contributed by atoms with Crippen LogP contribution >= 0.6 is 22.6 Å². The summed E-state index contributed by atoms with van der Waals surface area (Å²) in [5.74, 6) is 0. The zero-order valence-electron chi connectivity index (χ0n) is 8.72. The van der Waals surface area contributed by atoms with Gasteiger partial charge in [0.05, 0.1) is 22.1 Å². The van der Waals surface area contributed by atoms with Gasteiger partial charge in [0, 0.05) is 12.4 Å². The topological polar surface area (TPSA) is 47.8 Å². The Kier molecular flexibility index (Phi) is 3.33. The molecular weight excluding hydrogens is 317 g/mol. The van der Waals surface area contributed by atoms with Crippen molar-refractivity contribution in [3.05, 3.63) is 56.0 Å². The maximum Gasteiger partial charge on any atom is 0.267 e. The van der Waals surface area contributed by atoms with Gasteiger partial charge in [-0.15, -0.1) is 0 Å². The van der Waals surface area contributed by atoms with E-state index in [1.165, 1.54) is 0 Å². The lowest BCUT2D eigenvalue weighted by atomic mass is 10.2. The number of pyridine rings is 1. The van der Waals surface area contributed by atoms with Crippen LogP contribution in [-0.4, -0.2) is 14.5 Å². The number of hydrogen-bond acceptors (Lipinski definition) is 3. The lowest BCUT2D eigenvalue weighted by Crippen LogP contribution is -2.23. The van der Waals surface area contributed by atoms with Gasteiger partial charge in [0.1, 0.15) is 0 Å². The van der Waals surface area contributed by atoms with Gasteiger partial charge in [-0.3, -0.25) is 14.3 Å². The molecule has 0 fully saturated rings. The molecule has 0 N–H and O–H groups in total. The van der Waals surface area contributed by atoms with E-state index in [9.17, 15) is 4.79 Å². The van der Waals surface area contributed by atoms with Crippen molar-refractivity contribution < 1.29 is 0 Å². The van der Waals surface area contributed by atoms with Gasteiger partial charge >= 0.3 is 0 Å². The predicted molar refractivity (Wildman–Crippen MR) is 69.3 cm³/mol. The molecule has 5 heteroatoms. The number of rotatable bonds is 2. The minimum absolute atomic E-state index is 0.0272. The van der Waals surface area contributed by atoms with Crippen LogP contribution in [-0.2, 0) is 6.54 Å². The van der Waals surface area contributed by atoms with Crippen LogP contribution in [0.1, 0.15) is 11.3 Å². The molecule has 0 bridgehead atoms. The molecule has 0 saturated carbocycles. The highest BCUT2D eigenvalue weighted by Gasteiger charge is 2.04. The molecule has 0 aliphatic rings. The second-order valence-corrected chi connectivity index (χ2v) is 4.60. The predicted octanol–water partition coefficient (Wildman–Crippen LogP) is 1.60. The minimum atomic E-state index is -0.0272.